The van der Waals surface area contributed by atoms with Crippen molar-refractivity contribution in [3.63, 3.8) is 0 Å². The highest BCUT2D eigenvalue weighted by Crippen LogP contribution is 2.21. The SMILES string of the molecule is NC1(C(=O)Nc2cccnc2-n2cccn2)CCOC1. The first-order valence-corrected chi connectivity index (χ1v) is 6.32. The fourth-order valence-electron chi connectivity index (χ4n) is 2.08. The third-order valence-electron chi connectivity index (χ3n) is 3.26. The number of aromatic nitrogens is 3. The van der Waals surface area contributed by atoms with Crippen molar-refractivity contribution in [1.82, 2.24) is 14.8 Å². The second-order valence-electron chi connectivity index (χ2n) is 4.74. The third-order valence-corrected chi connectivity index (χ3v) is 3.26. The summed E-state index contributed by atoms with van der Waals surface area (Å²) in [4.78, 5) is 16.5. The molecule has 0 spiro atoms. The summed E-state index contributed by atoms with van der Waals surface area (Å²) >= 11 is 0. The van der Waals surface area contributed by atoms with E-state index in [1.54, 1.807) is 41.5 Å². The zero-order valence-electron chi connectivity index (χ0n) is 10.8. The number of nitrogens with two attached hydrogens (primary N) is 1. The summed E-state index contributed by atoms with van der Waals surface area (Å²) in [5.74, 6) is 0.282. The van der Waals surface area contributed by atoms with Gasteiger partial charge in [0.05, 0.1) is 12.3 Å². The molecular formula is C13H15N5O2. The van der Waals surface area contributed by atoms with Crippen LogP contribution in [0.2, 0.25) is 0 Å². The van der Waals surface area contributed by atoms with Crippen LogP contribution in [-0.4, -0.2) is 39.4 Å². The van der Waals surface area contributed by atoms with Crippen molar-refractivity contribution in [1.29, 1.82) is 0 Å². The highest BCUT2D eigenvalue weighted by Gasteiger charge is 2.38. The molecule has 7 heteroatoms. The van der Waals surface area contributed by atoms with Gasteiger partial charge in [-0.25, -0.2) is 9.67 Å². The maximum absolute atomic E-state index is 12.3. The van der Waals surface area contributed by atoms with E-state index in [1.165, 1.54) is 0 Å². The fourth-order valence-corrected chi connectivity index (χ4v) is 2.08. The van der Waals surface area contributed by atoms with Crippen molar-refractivity contribution in [2.45, 2.75) is 12.0 Å². The maximum atomic E-state index is 12.3. The Bertz CT molecular complexity index is 605. The van der Waals surface area contributed by atoms with Gasteiger partial charge in [0.1, 0.15) is 5.54 Å². The van der Waals surface area contributed by atoms with E-state index in [9.17, 15) is 4.79 Å². The fraction of sp³-hybridized carbons (Fsp3) is 0.308. The topological polar surface area (TPSA) is 95.1 Å². The Labute approximate surface area is 115 Å². The van der Waals surface area contributed by atoms with Gasteiger partial charge in [-0.2, -0.15) is 5.10 Å². The zero-order chi connectivity index (χ0) is 14.0. The molecule has 104 valence electrons. The number of amides is 1. The van der Waals surface area contributed by atoms with Crippen molar-refractivity contribution >= 4 is 11.6 Å². The second-order valence-corrected chi connectivity index (χ2v) is 4.74. The van der Waals surface area contributed by atoms with E-state index in [4.69, 9.17) is 10.5 Å². The molecule has 1 aliphatic heterocycles. The van der Waals surface area contributed by atoms with Crippen LogP contribution in [0.15, 0.2) is 36.8 Å². The molecule has 1 fully saturated rings. The van der Waals surface area contributed by atoms with Gasteiger partial charge in [-0.15, -0.1) is 0 Å². The largest absolute Gasteiger partial charge is 0.379 e. The van der Waals surface area contributed by atoms with Crippen LogP contribution in [0.1, 0.15) is 6.42 Å². The molecule has 2 aromatic rings. The molecule has 0 radical (unpaired) electrons. The van der Waals surface area contributed by atoms with Crippen LogP contribution in [0.3, 0.4) is 0 Å². The summed E-state index contributed by atoms with van der Waals surface area (Å²) in [6, 6.07) is 5.30. The van der Waals surface area contributed by atoms with E-state index >= 15 is 0 Å². The number of carbonyl (C=O) groups is 1. The highest BCUT2D eigenvalue weighted by atomic mass is 16.5. The van der Waals surface area contributed by atoms with Crippen LogP contribution in [0.4, 0.5) is 5.69 Å². The van der Waals surface area contributed by atoms with Gasteiger partial charge < -0.3 is 15.8 Å². The Morgan fingerprint density at radius 1 is 1.45 bits per heavy atom. The summed E-state index contributed by atoms with van der Waals surface area (Å²) in [5, 5.41) is 6.93. The molecule has 3 heterocycles. The van der Waals surface area contributed by atoms with Gasteiger partial charge in [0.2, 0.25) is 5.91 Å². The minimum Gasteiger partial charge on any atom is -0.379 e. The van der Waals surface area contributed by atoms with Crippen LogP contribution in [0.5, 0.6) is 0 Å². The van der Waals surface area contributed by atoms with Crippen LogP contribution >= 0.6 is 0 Å². The lowest BCUT2D eigenvalue weighted by molar-refractivity contribution is -0.121. The van der Waals surface area contributed by atoms with E-state index in [1.807, 2.05) is 0 Å². The Kier molecular flexibility index (Phi) is 3.21. The second kappa shape index (κ2) is 5.03. The monoisotopic (exact) mass is 273 g/mol. The number of hydrogen-bond donors (Lipinski definition) is 2. The number of hydrogen-bond acceptors (Lipinski definition) is 5. The molecule has 7 nitrogen and oxygen atoms in total. The Hall–Kier alpha value is -2.25. The molecule has 20 heavy (non-hydrogen) atoms. The summed E-state index contributed by atoms with van der Waals surface area (Å²) < 4.78 is 6.79. The molecule has 1 saturated heterocycles. The van der Waals surface area contributed by atoms with Gasteiger partial charge in [0, 0.05) is 25.2 Å². The van der Waals surface area contributed by atoms with E-state index in [-0.39, 0.29) is 12.5 Å². The van der Waals surface area contributed by atoms with Crippen molar-refractivity contribution < 1.29 is 9.53 Å². The molecule has 3 rings (SSSR count). The lowest BCUT2D eigenvalue weighted by Crippen LogP contribution is -2.51. The molecule has 1 atom stereocenters. The Morgan fingerprint density at radius 3 is 3.05 bits per heavy atom. The number of carbonyl (C=O) groups excluding carboxylic acids is 1. The van der Waals surface area contributed by atoms with Crippen molar-refractivity contribution in [3.8, 4) is 5.82 Å². The molecule has 2 aromatic heterocycles. The molecule has 3 N–H and O–H groups in total. The number of anilines is 1. The van der Waals surface area contributed by atoms with Gasteiger partial charge in [0.15, 0.2) is 5.82 Å². The molecule has 1 unspecified atom stereocenters. The van der Waals surface area contributed by atoms with Crippen molar-refractivity contribution in [3.05, 3.63) is 36.8 Å². The highest BCUT2D eigenvalue weighted by molar-refractivity contribution is 5.99. The molecule has 0 aromatic carbocycles. The Morgan fingerprint density at radius 2 is 2.35 bits per heavy atom. The van der Waals surface area contributed by atoms with Crippen molar-refractivity contribution in [2.24, 2.45) is 5.73 Å². The first kappa shape index (κ1) is 12.8. The number of rotatable bonds is 3. The van der Waals surface area contributed by atoms with Gasteiger partial charge in [-0.1, -0.05) is 0 Å². The predicted octanol–water partition coefficient (Wildman–Crippen LogP) is 0.324. The lowest BCUT2D eigenvalue weighted by Gasteiger charge is -2.21. The van der Waals surface area contributed by atoms with Crippen LogP contribution < -0.4 is 11.1 Å². The van der Waals surface area contributed by atoms with Crippen LogP contribution in [0, 0.1) is 0 Å². The van der Waals surface area contributed by atoms with Gasteiger partial charge in [-0.3, -0.25) is 4.79 Å². The molecule has 0 bridgehead atoms. The average molecular weight is 273 g/mol. The normalized spacial score (nSPS) is 21.9. The molecule has 1 aliphatic rings. The third kappa shape index (κ3) is 2.28. The minimum absolute atomic E-state index is 0.232. The number of nitrogens with one attached hydrogen (secondary N) is 1. The first-order valence-electron chi connectivity index (χ1n) is 6.32. The summed E-state index contributed by atoms with van der Waals surface area (Å²) in [5.41, 5.74) is 5.63. The van der Waals surface area contributed by atoms with Crippen LogP contribution in [0.25, 0.3) is 5.82 Å². The molecular weight excluding hydrogens is 258 g/mol. The average Bonchev–Trinajstić information content (AvgIpc) is 3.11. The smallest absolute Gasteiger partial charge is 0.247 e. The van der Waals surface area contributed by atoms with Gasteiger partial charge >= 0.3 is 0 Å². The van der Waals surface area contributed by atoms with Gasteiger partial charge in [0.25, 0.3) is 0 Å². The van der Waals surface area contributed by atoms with E-state index in [2.05, 4.69) is 15.4 Å². The molecule has 1 amide bonds. The predicted molar refractivity (Wildman–Crippen MR) is 72.3 cm³/mol. The van der Waals surface area contributed by atoms with Gasteiger partial charge in [-0.05, 0) is 24.6 Å². The quantitative estimate of drug-likeness (QED) is 0.840. The standard InChI is InChI=1S/C13H15N5O2/c14-13(4-8-20-9-13)12(19)17-10-3-1-5-15-11(10)18-7-2-6-16-18/h1-3,5-7H,4,8-9,14H2,(H,17,19). The molecule has 0 saturated carbocycles. The Balaban J connectivity index is 1.86. The number of nitrogens with zero attached hydrogens (tertiary/aromatic N) is 3. The van der Waals surface area contributed by atoms with Crippen LogP contribution in [-0.2, 0) is 9.53 Å². The van der Waals surface area contributed by atoms with Crippen molar-refractivity contribution in [2.75, 3.05) is 18.5 Å². The molecule has 0 aliphatic carbocycles. The van der Waals surface area contributed by atoms with E-state index in [0.29, 0.717) is 24.5 Å². The zero-order valence-corrected chi connectivity index (χ0v) is 10.8. The summed E-state index contributed by atoms with van der Waals surface area (Å²) in [6.07, 6.45) is 5.56. The lowest BCUT2D eigenvalue weighted by atomic mass is 9.99. The maximum Gasteiger partial charge on any atom is 0.247 e. The van der Waals surface area contributed by atoms with E-state index in [0.717, 1.165) is 0 Å². The first-order chi connectivity index (χ1) is 9.69. The summed E-state index contributed by atoms with van der Waals surface area (Å²) in [7, 11) is 0. The van der Waals surface area contributed by atoms with E-state index < -0.39 is 5.54 Å². The minimum atomic E-state index is -0.975. The summed E-state index contributed by atoms with van der Waals surface area (Å²) in [6.45, 7) is 0.735. The number of pyridine rings is 1. The number of ether oxygens (including phenoxy) is 1.